The van der Waals surface area contributed by atoms with Crippen molar-refractivity contribution >= 4 is 6.29 Å². The highest BCUT2D eigenvalue weighted by Crippen LogP contribution is 2.28. The van der Waals surface area contributed by atoms with E-state index in [0.717, 1.165) is 23.0 Å². The van der Waals surface area contributed by atoms with Gasteiger partial charge >= 0.3 is 0 Å². The van der Waals surface area contributed by atoms with Gasteiger partial charge in [-0.05, 0) is 16.7 Å². The average molecular weight is 433 g/mol. The van der Waals surface area contributed by atoms with Crippen LogP contribution in [0.5, 0.6) is 0 Å². The molecule has 3 aromatic rings. The van der Waals surface area contributed by atoms with Crippen molar-refractivity contribution < 1.29 is 23.7 Å². The van der Waals surface area contributed by atoms with Crippen LogP contribution in [-0.4, -0.2) is 37.3 Å². The Bertz CT molecular complexity index is 932. The highest BCUT2D eigenvalue weighted by atomic mass is 16.6. The standard InChI is InChI=1S/C27H28O5/c28-16-24-26(30-18-22-12-6-2-7-13-22)27(31-19-23-14-8-3-9-15-23)25(32-24)20-29-17-21-10-4-1-5-11-21/h1-16,24-27H,17-20H2/t24-,25-,26+,27-/m1/s1. The van der Waals surface area contributed by atoms with E-state index in [1.165, 1.54) is 0 Å². The molecule has 1 fully saturated rings. The Morgan fingerprint density at radius 2 is 1.12 bits per heavy atom. The van der Waals surface area contributed by atoms with E-state index in [2.05, 4.69) is 0 Å². The summed E-state index contributed by atoms with van der Waals surface area (Å²) in [7, 11) is 0. The molecule has 0 amide bonds. The van der Waals surface area contributed by atoms with Crippen molar-refractivity contribution in [3.63, 3.8) is 0 Å². The molecular weight excluding hydrogens is 404 g/mol. The maximum Gasteiger partial charge on any atom is 0.151 e. The molecule has 1 saturated heterocycles. The zero-order valence-electron chi connectivity index (χ0n) is 17.9. The molecular formula is C27H28O5. The zero-order chi connectivity index (χ0) is 22.0. The van der Waals surface area contributed by atoms with Crippen LogP contribution in [0.2, 0.25) is 0 Å². The fraction of sp³-hybridized carbons (Fsp3) is 0.296. The number of carbonyl (C=O) groups is 1. The second kappa shape index (κ2) is 11.7. The second-order valence-corrected chi connectivity index (χ2v) is 7.80. The first-order chi connectivity index (χ1) is 15.8. The first-order valence-corrected chi connectivity index (χ1v) is 10.9. The minimum atomic E-state index is -0.704. The molecule has 0 spiro atoms. The Hall–Kier alpha value is -2.83. The Morgan fingerprint density at radius 3 is 1.62 bits per heavy atom. The van der Waals surface area contributed by atoms with Gasteiger partial charge in [-0.1, -0.05) is 91.0 Å². The molecule has 0 unspecified atom stereocenters. The Morgan fingerprint density at radius 1 is 0.656 bits per heavy atom. The molecule has 1 aliphatic rings. The largest absolute Gasteiger partial charge is 0.374 e. The normalized spacial score (nSPS) is 22.6. The number of benzene rings is 3. The molecule has 0 bridgehead atoms. The van der Waals surface area contributed by atoms with Gasteiger partial charge < -0.3 is 23.7 Å². The van der Waals surface area contributed by atoms with E-state index in [0.29, 0.717) is 26.4 Å². The quantitative estimate of drug-likeness (QED) is 0.422. The molecule has 0 aromatic heterocycles. The summed E-state index contributed by atoms with van der Waals surface area (Å²) >= 11 is 0. The lowest BCUT2D eigenvalue weighted by Gasteiger charge is -2.24. The maximum atomic E-state index is 11.8. The minimum Gasteiger partial charge on any atom is -0.374 e. The van der Waals surface area contributed by atoms with E-state index in [1.54, 1.807) is 0 Å². The van der Waals surface area contributed by atoms with Crippen LogP contribution < -0.4 is 0 Å². The summed E-state index contributed by atoms with van der Waals surface area (Å²) in [6, 6.07) is 29.8. The van der Waals surface area contributed by atoms with Crippen LogP contribution in [0.25, 0.3) is 0 Å². The summed E-state index contributed by atoms with van der Waals surface area (Å²) in [6.45, 7) is 1.56. The average Bonchev–Trinajstić information content (AvgIpc) is 3.19. The summed E-state index contributed by atoms with van der Waals surface area (Å²) in [5.41, 5.74) is 3.16. The molecule has 1 heterocycles. The van der Waals surface area contributed by atoms with Gasteiger partial charge in [-0.3, -0.25) is 0 Å². The molecule has 1 aliphatic heterocycles. The molecule has 0 aliphatic carbocycles. The molecule has 4 rings (SSSR count). The van der Waals surface area contributed by atoms with Crippen LogP contribution in [0, 0.1) is 0 Å². The Labute approximate surface area is 188 Å². The van der Waals surface area contributed by atoms with Gasteiger partial charge in [-0.2, -0.15) is 0 Å². The van der Waals surface area contributed by atoms with Crippen LogP contribution in [0.4, 0.5) is 0 Å². The molecule has 0 radical (unpaired) electrons. The Balaban J connectivity index is 1.43. The molecule has 0 N–H and O–H groups in total. The topological polar surface area (TPSA) is 54.0 Å². The highest BCUT2D eigenvalue weighted by molar-refractivity contribution is 5.58. The van der Waals surface area contributed by atoms with E-state index in [-0.39, 0.29) is 0 Å². The summed E-state index contributed by atoms with van der Waals surface area (Å²) in [6.07, 6.45) is -1.25. The maximum absolute atomic E-state index is 11.8. The van der Waals surface area contributed by atoms with Crippen LogP contribution >= 0.6 is 0 Å². The Kier molecular flexibility index (Phi) is 8.17. The number of rotatable bonds is 11. The third kappa shape index (κ3) is 6.11. The molecule has 5 heteroatoms. The number of carbonyl (C=O) groups excluding carboxylic acids is 1. The first-order valence-electron chi connectivity index (χ1n) is 10.9. The van der Waals surface area contributed by atoms with Crippen molar-refractivity contribution in [1.82, 2.24) is 0 Å². The van der Waals surface area contributed by atoms with Crippen molar-refractivity contribution in [3.05, 3.63) is 108 Å². The van der Waals surface area contributed by atoms with Gasteiger partial charge in [0.25, 0.3) is 0 Å². The van der Waals surface area contributed by atoms with E-state index in [4.69, 9.17) is 18.9 Å². The van der Waals surface area contributed by atoms with Crippen LogP contribution in [0.1, 0.15) is 16.7 Å². The van der Waals surface area contributed by atoms with Gasteiger partial charge in [0.05, 0.1) is 26.4 Å². The summed E-state index contributed by atoms with van der Waals surface area (Å²) < 4.78 is 24.3. The molecule has 32 heavy (non-hydrogen) atoms. The number of hydrogen-bond acceptors (Lipinski definition) is 5. The van der Waals surface area contributed by atoms with Crippen LogP contribution in [0.3, 0.4) is 0 Å². The van der Waals surface area contributed by atoms with Crippen molar-refractivity contribution in [1.29, 1.82) is 0 Å². The fourth-order valence-electron chi connectivity index (χ4n) is 3.79. The minimum absolute atomic E-state index is 0.309. The zero-order valence-corrected chi connectivity index (χ0v) is 17.9. The van der Waals surface area contributed by atoms with Crippen molar-refractivity contribution in [2.45, 2.75) is 44.2 Å². The van der Waals surface area contributed by atoms with E-state index < -0.39 is 24.4 Å². The van der Waals surface area contributed by atoms with Gasteiger partial charge in [-0.25, -0.2) is 0 Å². The van der Waals surface area contributed by atoms with Gasteiger partial charge in [0.1, 0.15) is 24.4 Å². The smallest absolute Gasteiger partial charge is 0.151 e. The molecule has 166 valence electrons. The predicted octanol–water partition coefficient (Wildman–Crippen LogP) is 4.34. The summed E-state index contributed by atoms with van der Waals surface area (Å²) in [4.78, 5) is 11.8. The van der Waals surface area contributed by atoms with E-state index in [1.807, 2.05) is 91.0 Å². The molecule has 4 atom stereocenters. The molecule has 0 saturated carbocycles. The molecule has 5 nitrogen and oxygen atoms in total. The van der Waals surface area contributed by atoms with Gasteiger partial charge in [0.15, 0.2) is 6.29 Å². The van der Waals surface area contributed by atoms with Gasteiger partial charge in [0.2, 0.25) is 0 Å². The van der Waals surface area contributed by atoms with Gasteiger partial charge in [0, 0.05) is 0 Å². The van der Waals surface area contributed by atoms with Crippen LogP contribution in [0.15, 0.2) is 91.0 Å². The van der Waals surface area contributed by atoms with Crippen molar-refractivity contribution in [2.75, 3.05) is 6.61 Å². The highest BCUT2D eigenvalue weighted by Gasteiger charge is 2.46. The fourth-order valence-corrected chi connectivity index (χ4v) is 3.79. The monoisotopic (exact) mass is 432 g/mol. The van der Waals surface area contributed by atoms with Crippen molar-refractivity contribution in [3.8, 4) is 0 Å². The lowest BCUT2D eigenvalue weighted by molar-refractivity contribution is -0.124. The third-order valence-corrected chi connectivity index (χ3v) is 5.44. The SMILES string of the molecule is O=C[C@H]1O[C@H](COCc2ccccc2)[C@@H](OCc2ccccc2)[C@H]1OCc1ccccc1. The van der Waals surface area contributed by atoms with Gasteiger partial charge in [-0.15, -0.1) is 0 Å². The third-order valence-electron chi connectivity index (χ3n) is 5.44. The molecule has 3 aromatic carbocycles. The second-order valence-electron chi connectivity index (χ2n) is 7.80. The van der Waals surface area contributed by atoms with Crippen molar-refractivity contribution in [2.24, 2.45) is 0 Å². The summed E-state index contributed by atoms with van der Waals surface area (Å²) in [5, 5.41) is 0. The van der Waals surface area contributed by atoms with E-state index in [9.17, 15) is 4.79 Å². The predicted molar refractivity (Wildman–Crippen MR) is 121 cm³/mol. The van der Waals surface area contributed by atoms with E-state index >= 15 is 0 Å². The van der Waals surface area contributed by atoms with Crippen LogP contribution in [-0.2, 0) is 43.6 Å². The first kappa shape index (κ1) is 22.4. The summed E-state index contributed by atoms with van der Waals surface area (Å²) in [5.74, 6) is 0. The lowest BCUT2D eigenvalue weighted by atomic mass is 10.1. The number of ether oxygens (including phenoxy) is 4. The lowest BCUT2D eigenvalue weighted by Crippen LogP contribution is -2.39. The number of hydrogen-bond donors (Lipinski definition) is 0. The number of aldehydes is 1.